The highest BCUT2D eigenvalue weighted by molar-refractivity contribution is 5.24. The Morgan fingerprint density at radius 3 is 2.08 bits per heavy atom. The van der Waals surface area contributed by atoms with E-state index in [1.54, 1.807) is 0 Å². The van der Waals surface area contributed by atoms with Gasteiger partial charge in [-0.15, -0.1) is 0 Å². The van der Waals surface area contributed by atoms with Gasteiger partial charge in [0, 0.05) is 23.2 Å². The molecule has 0 unspecified atom stereocenters. The molecule has 0 aromatic heterocycles. The lowest BCUT2D eigenvalue weighted by atomic mass is 10.0. The van der Waals surface area contributed by atoms with Crippen molar-refractivity contribution in [3.05, 3.63) is 12.3 Å². The van der Waals surface area contributed by atoms with Gasteiger partial charge in [-0.3, -0.25) is 0 Å². The van der Waals surface area contributed by atoms with Crippen LogP contribution >= 0.6 is 0 Å². The lowest BCUT2D eigenvalue weighted by molar-refractivity contribution is 0.210. The minimum absolute atomic E-state index is 0.281. The first-order valence-electron chi connectivity index (χ1n) is 4.93. The summed E-state index contributed by atoms with van der Waals surface area (Å²) < 4.78 is 0. The highest BCUT2D eigenvalue weighted by atomic mass is 15.2. The molecule has 0 amide bonds. The molecule has 1 heterocycles. The molecule has 0 atom stereocenters. The quantitative estimate of drug-likeness (QED) is 0.533. The maximum atomic E-state index is 4.24. The normalized spacial score (nSPS) is 26.9. The Labute approximate surface area is 75.4 Å². The molecule has 1 saturated heterocycles. The third-order valence-electron chi connectivity index (χ3n) is 3.42. The number of nitrogens with zero attached hydrogens (tertiary/aromatic N) is 1. The number of rotatable bonds is 0. The van der Waals surface area contributed by atoms with E-state index in [1.165, 1.54) is 31.5 Å². The topological polar surface area (TPSA) is 3.24 Å². The predicted molar refractivity (Wildman–Crippen MR) is 51.9 cm³/mol. The maximum absolute atomic E-state index is 4.24. The summed E-state index contributed by atoms with van der Waals surface area (Å²) in [4.78, 5) is 2.49. The molecule has 1 nitrogen and oxygen atoms in total. The fourth-order valence-electron chi connectivity index (χ4n) is 2.32. The van der Waals surface area contributed by atoms with Crippen molar-refractivity contribution in [3.8, 4) is 0 Å². The second-order valence-electron chi connectivity index (χ2n) is 5.30. The van der Waals surface area contributed by atoms with Crippen LogP contribution in [0.5, 0.6) is 0 Å². The zero-order valence-corrected chi connectivity index (χ0v) is 8.48. The number of hydrogen-bond donors (Lipinski definition) is 0. The molecule has 68 valence electrons. The minimum Gasteiger partial charge on any atom is -0.370 e. The monoisotopic (exact) mass is 165 g/mol. The summed E-state index contributed by atoms with van der Waals surface area (Å²) in [6.45, 7) is 12.3. The molecule has 0 aromatic rings. The zero-order chi connectivity index (χ0) is 8.98. The van der Waals surface area contributed by atoms with Crippen LogP contribution in [0.25, 0.3) is 0 Å². The van der Waals surface area contributed by atoms with Gasteiger partial charge in [0.15, 0.2) is 0 Å². The highest BCUT2D eigenvalue weighted by Crippen LogP contribution is 2.59. The Kier molecular flexibility index (Phi) is 1.40. The number of likely N-dealkylation sites (tertiary alicyclic amines) is 1. The molecular weight excluding hydrogens is 146 g/mol. The SMILES string of the molecule is C=C1N(C(C)(C)C)CCC12CC2. The Hall–Kier alpha value is -0.460. The van der Waals surface area contributed by atoms with Crippen molar-refractivity contribution in [3.63, 3.8) is 0 Å². The molecule has 0 radical (unpaired) electrons. The van der Waals surface area contributed by atoms with Gasteiger partial charge in [0.25, 0.3) is 0 Å². The van der Waals surface area contributed by atoms with Crippen molar-refractivity contribution >= 4 is 0 Å². The van der Waals surface area contributed by atoms with Crippen LogP contribution in [0.1, 0.15) is 40.0 Å². The third kappa shape index (κ3) is 0.988. The van der Waals surface area contributed by atoms with Crippen LogP contribution in [0.3, 0.4) is 0 Å². The Balaban J connectivity index is 2.17. The van der Waals surface area contributed by atoms with E-state index in [4.69, 9.17) is 0 Å². The summed E-state index contributed by atoms with van der Waals surface area (Å²) in [6.07, 6.45) is 4.12. The van der Waals surface area contributed by atoms with Gasteiger partial charge < -0.3 is 4.90 Å². The highest BCUT2D eigenvalue weighted by Gasteiger charge is 2.52. The first-order chi connectivity index (χ1) is 5.46. The fourth-order valence-corrected chi connectivity index (χ4v) is 2.32. The van der Waals surface area contributed by atoms with Crippen molar-refractivity contribution in [1.29, 1.82) is 0 Å². The molecule has 0 aromatic carbocycles. The molecule has 2 rings (SSSR count). The molecule has 0 bridgehead atoms. The van der Waals surface area contributed by atoms with E-state index >= 15 is 0 Å². The Bertz CT molecular complexity index is 218. The first kappa shape index (κ1) is 8.15. The molecule has 2 fully saturated rings. The Morgan fingerprint density at radius 1 is 1.25 bits per heavy atom. The average Bonchev–Trinajstić information content (AvgIpc) is 2.58. The van der Waals surface area contributed by atoms with Gasteiger partial charge in [-0.05, 0) is 40.0 Å². The van der Waals surface area contributed by atoms with Gasteiger partial charge in [0.2, 0.25) is 0 Å². The van der Waals surface area contributed by atoms with Crippen molar-refractivity contribution in [2.75, 3.05) is 6.54 Å². The van der Waals surface area contributed by atoms with Crippen LogP contribution in [-0.4, -0.2) is 17.0 Å². The molecule has 1 aliphatic heterocycles. The van der Waals surface area contributed by atoms with Gasteiger partial charge in [0.05, 0.1) is 0 Å². The molecule has 1 heteroatoms. The predicted octanol–water partition coefficient (Wildman–Crippen LogP) is 2.78. The van der Waals surface area contributed by atoms with Crippen molar-refractivity contribution in [2.24, 2.45) is 5.41 Å². The van der Waals surface area contributed by atoms with Gasteiger partial charge in [0.1, 0.15) is 0 Å². The van der Waals surface area contributed by atoms with Gasteiger partial charge in [-0.2, -0.15) is 0 Å². The number of hydrogen-bond acceptors (Lipinski definition) is 1. The third-order valence-corrected chi connectivity index (χ3v) is 3.42. The van der Waals surface area contributed by atoms with Gasteiger partial charge in [-0.1, -0.05) is 6.58 Å². The molecule has 1 spiro atoms. The molecule has 1 saturated carbocycles. The van der Waals surface area contributed by atoms with E-state index < -0.39 is 0 Å². The van der Waals surface area contributed by atoms with Crippen LogP contribution in [-0.2, 0) is 0 Å². The number of allylic oxidation sites excluding steroid dienone is 1. The lowest BCUT2D eigenvalue weighted by Crippen LogP contribution is -2.38. The minimum atomic E-state index is 0.281. The van der Waals surface area contributed by atoms with Crippen LogP contribution in [0, 0.1) is 5.41 Å². The molecular formula is C11H19N. The van der Waals surface area contributed by atoms with E-state index in [0.717, 1.165) is 0 Å². The van der Waals surface area contributed by atoms with Crippen molar-refractivity contribution in [2.45, 2.75) is 45.6 Å². The molecule has 12 heavy (non-hydrogen) atoms. The molecule has 0 N–H and O–H groups in total. The van der Waals surface area contributed by atoms with Crippen LogP contribution in [0.2, 0.25) is 0 Å². The Morgan fingerprint density at radius 2 is 1.83 bits per heavy atom. The van der Waals surface area contributed by atoms with Crippen LogP contribution < -0.4 is 0 Å². The second kappa shape index (κ2) is 2.07. The second-order valence-corrected chi connectivity index (χ2v) is 5.30. The summed E-state index contributed by atoms with van der Waals surface area (Å²) in [6, 6.07) is 0. The van der Waals surface area contributed by atoms with E-state index in [9.17, 15) is 0 Å². The fraction of sp³-hybridized carbons (Fsp3) is 0.818. The molecule has 1 aliphatic carbocycles. The summed E-state index contributed by atoms with van der Waals surface area (Å²) in [7, 11) is 0. The summed E-state index contributed by atoms with van der Waals surface area (Å²) >= 11 is 0. The largest absolute Gasteiger partial charge is 0.370 e. The first-order valence-corrected chi connectivity index (χ1v) is 4.93. The van der Waals surface area contributed by atoms with Crippen molar-refractivity contribution < 1.29 is 0 Å². The van der Waals surface area contributed by atoms with Crippen molar-refractivity contribution in [1.82, 2.24) is 4.90 Å². The lowest BCUT2D eigenvalue weighted by Gasteiger charge is -2.35. The van der Waals surface area contributed by atoms with Crippen LogP contribution in [0.4, 0.5) is 0 Å². The van der Waals surface area contributed by atoms with Crippen LogP contribution in [0.15, 0.2) is 12.3 Å². The van der Waals surface area contributed by atoms with E-state index in [2.05, 4.69) is 32.3 Å². The van der Waals surface area contributed by atoms with Gasteiger partial charge >= 0.3 is 0 Å². The summed E-state index contributed by atoms with van der Waals surface area (Å²) in [5, 5.41) is 0. The zero-order valence-electron chi connectivity index (χ0n) is 8.48. The standard InChI is InChI=1S/C11H19N/c1-9-11(5-6-11)7-8-12(9)10(2,3)4/h1,5-8H2,2-4H3. The van der Waals surface area contributed by atoms with Gasteiger partial charge in [-0.25, -0.2) is 0 Å². The van der Waals surface area contributed by atoms with E-state index in [1.807, 2.05) is 0 Å². The maximum Gasteiger partial charge on any atom is 0.0315 e. The summed E-state index contributed by atoms with van der Waals surface area (Å²) in [5.41, 5.74) is 2.26. The summed E-state index contributed by atoms with van der Waals surface area (Å²) in [5.74, 6) is 0. The molecule has 2 aliphatic rings. The van der Waals surface area contributed by atoms with E-state index in [-0.39, 0.29) is 5.54 Å². The smallest absolute Gasteiger partial charge is 0.0315 e. The average molecular weight is 165 g/mol. The van der Waals surface area contributed by atoms with E-state index in [0.29, 0.717) is 5.41 Å².